The molecule has 4 aliphatic rings. The number of carboxylic acid groups (broad SMARTS) is 1. The fraction of sp³-hybridized carbons (Fsp3) is 0.655. The number of hydrogen-bond acceptors (Lipinski definition) is 3. The van der Waals surface area contributed by atoms with Crippen LogP contribution in [-0.4, -0.2) is 22.6 Å². The number of carboxylic acids is 1. The molecule has 0 heterocycles. The number of carbonyl (C=O) groups excluding carboxylic acids is 2. The van der Waals surface area contributed by atoms with Crippen molar-refractivity contribution in [1.82, 2.24) is 0 Å². The standard InChI is InChI=1S/C29H37O4.Na/c1-17-16-27(3)19(15-25(17)31)9-10-20-22(27)11-13-28(4)23(20)12-14-29(28,18(2)30)24-8-6-5-7-21(24)26(32)33;/h5-8,17,19-20,22-23H,2,9-16H2,1,3-4H3,(H,32,33);/q-1;+1/t17?,19-,20+,22-,23-,27-,28-,29+;/m0./s1. The van der Waals surface area contributed by atoms with Crippen molar-refractivity contribution >= 4 is 17.5 Å². The number of carbonyl (C=O) groups is 3. The second-order valence-corrected chi connectivity index (χ2v) is 12.1. The molecular weight excluding hydrogens is 435 g/mol. The zero-order valence-corrected chi connectivity index (χ0v) is 23.2. The van der Waals surface area contributed by atoms with Crippen molar-refractivity contribution in [3.05, 3.63) is 42.3 Å². The summed E-state index contributed by atoms with van der Waals surface area (Å²) in [6, 6.07) is 7.10. The monoisotopic (exact) mass is 472 g/mol. The fourth-order valence-corrected chi connectivity index (χ4v) is 9.54. The van der Waals surface area contributed by atoms with E-state index in [1.807, 2.05) is 12.1 Å². The van der Waals surface area contributed by atoms with Gasteiger partial charge >= 0.3 is 35.5 Å². The number of benzene rings is 1. The van der Waals surface area contributed by atoms with Crippen molar-refractivity contribution in [3.8, 4) is 0 Å². The summed E-state index contributed by atoms with van der Waals surface area (Å²) in [5.41, 5.74) is -0.0363. The van der Waals surface area contributed by atoms with E-state index in [0.29, 0.717) is 41.4 Å². The first kappa shape index (κ1) is 26.0. The SMILES string of the molecule is [CH2-]C(=O)[C@@]1(c2ccccc2C(=O)O)CC[C@H]2[C@@H]3CC[C@H]4CC(=O)C(C)C[C@]4(C)[C@H]3CC[C@@]21C.[Na+]. The Bertz CT molecular complexity index is 1020. The Balaban J connectivity index is 0.00000274. The van der Waals surface area contributed by atoms with Crippen molar-refractivity contribution in [1.29, 1.82) is 0 Å². The zero-order chi connectivity index (χ0) is 23.8. The Morgan fingerprint density at radius 3 is 2.38 bits per heavy atom. The van der Waals surface area contributed by atoms with E-state index >= 15 is 0 Å². The number of Topliss-reactive ketones (excluding diaryl/α,β-unsaturated/α-hetero) is 2. The van der Waals surface area contributed by atoms with Crippen LogP contribution >= 0.6 is 0 Å². The molecule has 178 valence electrons. The molecule has 0 bridgehead atoms. The van der Waals surface area contributed by atoms with Gasteiger partial charge in [-0.2, -0.15) is 0 Å². The number of ketones is 2. The molecule has 1 N–H and O–H groups in total. The van der Waals surface area contributed by atoms with Crippen LogP contribution < -0.4 is 29.6 Å². The number of fused-ring (bicyclic) bond motifs is 5. The maximum Gasteiger partial charge on any atom is 1.00 e. The number of hydrogen-bond donors (Lipinski definition) is 1. The maximum atomic E-state index is 13.4. The van der Waals surface area contributed by atoms with Gasteiger partial charge in [-0.3, -0.25) is 4.79 Å². The molecule has 0 aromatic heterocycles. The van der Waals surface area contributed by atoms with Gasteiger partial charge in [0.1, 0.15) is 5.78 Å². The third kappa shape index (κ3) is 3.34. The van der Waals surface area contributed by atoms with Gasteiger partial charge in [0.15, 0.2) is 0 Å². The minimum atomic E-state index is -0.971. The van der Waals surface area contributed by atoms with E-state index in [-0.39, 0.29) is 57.7 Å². The van der Waals surface area contributed by atoms with E-state index in [1.165, 1.54) is 0 Å². The molecule has 4 fully saturated rings. The molecule has 34 heavy (non-hydrogen) atoms. The second-order valence-electron chi connectivity index (χ2n) is 12.1. The van der Waals surface area contributed by atoms with Gasteiger partial charge in [-0.1, -0.05) is 39.0 Å². The topological polar surface area (TPSA) is 71.4 Å². The summed E-state index contributed by atoms with van der Waals surface area (Å²) < 4.78 is 0. The third-order valence-electron chi connectivity index (χ3n) is 11.1. The van der Waals surface area contributed by atoms with Crippen molar-refractivity contribution < 1.29 is 49.0 Å². The molecule has 1 aromatic rings. The predicted octanol–water partition coefficient (Wildman–Crippen LogP) is 2.89. The molecule has 5 heteroatoms. The minimum Gasteiger partial charge on any atom is -0.478 e. The third-order valence-corrected chi connectivity index (χ3v) is 11.1. The molecule has 0 aliphatic heterocycles. The van der Waals surface area contributed by atoms with Gasteiger partial charge in [-0.25, -0.2) is 4.79 Å². The smallest absolute Gasteiger partial charge is 0.478 e. The van der Waals surface area contributed by atoms with Crippen LogP contribution in [0.4, 0.5) is 0 Å². The molecule has 5 rings (SSSR count). The first-order valence-corrected chi connectivity index (χ1v) is 12.8. The van der Waals surface area contributed by atoms with E-state index in [1.54, 1.807) is 12.1 Å². The number of aromatic carboxylic acids is 1. The normalized spacial score (nSPS) is 43.1. The molecule has 4 aliphatic carbocycles. The van der Waals surface area contributed by atoms with Crippen LogP contribution in [0.1, 0.15) is 88.1 Å². The van der Waals surface area contributed by atoms with E-state index in [4.69, 9.17) is 0 Å². The van der Waals surface area contributed by atoms with E-state index in [2.05, 4.69) is 27.7 Å². The summed E-state index contributed by atoms with van der Waals surface area (Å²) in [6.07, 6.45) is 7.53. The molecule has 4 saturated carbocycles. The van der Waals surface area contributed by atoms with E-state index in [0.717, 1.165) is 44.9 Å². The van der Waals surface area contributed by atoms with Crippen molar-refractivity contribution in [2.45, 2.75) is 77.6 Å². The van der Waals surface area contributed by atoms with Gasteiger partial charge < -0.3 is 16.8 Å². The largest absolute Gasteiger partial charge is 1.00 e. The molecule has 0 spiro atoms. The maximum absolute atomic E-state index is 13.4. The Morgan fingerprint density at radius 2 is 1.71 bits per heavy atom. The van der Waals surface area contributed by atoms with E-state index in [9.17, 15) is 19.5 Å². The second kappa shape index (κ2) is 8.78. The van der Waals surface area contributed by atoms with E-state index < -0.39 is 11.4 Å². The van der Waals surface area contributed by atoms with Crippen LogP contribution in [0, 0.1) is 47.3 Å². The minimum absolute atomic E-state index is 0. The fourth-order valence-electron chi connectivity index (χ4n) is 9.54. The van der Waals surface area contributed by atoms with Crippen LogP contribution in [0.25, 0.3) is 0 Å². The van der Waals surface area contributed by atoms with Gasteiger partial charge in [-0.05, 0) is 91.1 Å². The molecule has 0 saturated heterocycles. The first-order chi connectivity index (χ1) is 15.6. The summed E-state index contributed by atoms with van der Waals surface area (Å²) in [7, 11) is 0. The predicted molar refractivity (Wildman–Crippen MR) is 127 cm³/mol. The zero-order valence-electron chi connectivity index (χ0n) is 21.2. The molecule has 0 radical (unpaired) electrons. The Hall–Kier alpha value is -1.10. The van der Waals surface area contributed by atoms with Crippen molar-refractivity contribution in [2.75, 3.05) is 0 Å². The molecule has 8 atom stereocenters. The summed E-state index contributed by atoms with van der Waals surface area (Å²) >= 11 is 0. The van der Waals surface area contributed by atoms with Crippen molar-refractivity contribution in [2.24, 2.45) is 40.4 Å². The van der Waals surface area contributed by atoms with Gasteiger partial charge in [0.05, 0.1) is 5.56 Å². The van der Waals surface area contributed by atoms with Gasteiger partial charge in [0.2, 0.25) is 0 Å². The summed E-state index contributed by atoms with van der Waals surface area (Å²) in [4.78, 5) is 38.0. The Kier molecular flexibility index (Phi) is 6.71. The van der Waals surface area contributed by atoms with Crippen LogP contribution in [0.15, 0.2) is 24.3 Å². The van der Waals surface area contributed by atoms with Crippen molar-refractivity contribution in [3.63, 3.8) is 0 Å². The average Bonchev–Trinajstić information content (AvgIpc) is 3.09. The molecular formula is C29H37NaO4. The molecule has 0 amide bonds. The summed E-state index contributed by atoms with van der Waals surface area (Å²) in [6.45, 7) is 10.7. The quantitative estimate of drug-likeness (QED) is 0.543. The van der Waals surface area contributed by atoms with Gasteiger partial charge in [-0.15, -0.1) is 0 Å². The first-order valence-electron chi connectivity index (χ1n) is 12.8. The Morgan fingerprint density at radius 1 is 1.03 bits per heavy atom. The van der Waals surface area contributed by atoms with Crippen LogP contribution in [-0.2, 0) is 15.0 Å². The molecule has 1 aromatic carbocycles. The van der Waals surface area contributed by atoms with Gasteiger partial charge in [0, 0.05) is 23.5 Å². The van der Waals surface area contributed by atoms with Gasteiger partial charge in [0.25, 0.3) is 0 Å². The van der Waals surface area contributed by atoms with Crippen LogP contribution in [0.5, 0.6) is 0 Å². The molecule has 4 nitrogen and oxygen atoms in total. The Labute approximate surface area is 225 Å². The van der Waals surface area contributed by atoms with Crippen LogP contribution in [0.3, 0.4) is 0 Å². The summed E-state index contributed by atoms with van der Waals surface area (Å²) in [5, 5.41) is 9.94. The summed E-state index contributed by atoms with van der Waals surface area (Å²) in [5.74, 6) is 1.46. The number of rotatable bonds is 3. The molecule has 1 unspecified atom stereocenters. The van der Waals surface area contributed by atoms with Crippen LogP contribution in [0.2, 0.25) is 0 Å². The average molecular weight is 473 g/mol.